The van der Waals surface area contributed by atoms with Crippen molar-refractivity contribution < 1.29 is 0 Å². The van der Waals surface area contributed by atoms with Gasteiger partial charge in [-0.05, 0) is 32.6 Å². The first-order valence-corrected chi connectivity index (χ1v) is 7.69. The van der Waals surface area contributed by atoms with Crippen molar-refractivity contribution in [3.05, 3.63) is 0 Å². The van der Waals surface area contributed by atoms with Crippen molar-refractivity contribution in [2.75, 3.05) is 13.1 Å². The molecule has 2 heteroatoms. The molecule has 1 heterocycles. The summed E-state index contributed by atoms with van der Waals surface area (Å²) >= 11 is 0. The minimum atomic E-state index is 0.350. The summed E-state index contributed by atoms with van der Waals surface area (Å²) in [6, 6.07) is 1.65. The molecule has 1 aliphatic heterocycles. The smallest absolute Gasteiger partial charge is 0.0278 e. The van der Waals surface area contributed by atoms with Crippen LogP contribution in [-0.2, 0) is 0 Å². The maximum atomic E-state index is 3.77. The third kappa shape index (κ3) is 3.03. The van der Waals surface area contributed by atoms with Crippen molar-refractivity contribution in [3.8, 4) is 0 Å². The van der Waals surface area contributed by atoms with Crippen molar-refractivity contribution in [2.45, 2.75) is 83.3 Å². The number of nitrogens with one attached hydrogen (secondary N) is 1. The molecular weight excluding hydrogens is 208 g/mol. The Morgan fingerprint density at radius 1 is 1.18 bits per heavy atom. The van der Waals surface area contributed by atoms with Crippen LogP contribution < -0.4 is 5.32 Å². The van der Waals surface area contributed by atoms with Gasteiger partial charge in [0.15, 0.2) is 0 Å². The van der Waals surface area contributed by atoms with Crippen molar-refractivity contribution >= 4 is 0 Å². The molecule has 0 aromatic heterocycles. The van der Waals surface area contributed by atoms with E-state index in [0.717, 1.165) is 12.1 Å². The first-order chi connectivity index (χ1) is 8.18. The van der Waals surface area contributed by atoms with Crippen molar-refractivity contribution in [1.82, 2.24) is 10.2 Å². The highest BCUT2D eigenvalue weighted by Crippen LogP contribution is 2.29. The Balaban J connectivity index is 2.03. The third-order valence-electron chi connectivity index (χ3n) is 5.06. The summed E-state index contributed by atoms with van der Waals surface area (Å²) < 4.78 is 0. The average molecular weight is 238 g/mol. The lowest BCUT2D eigenvalue weighted by molar-refractivity contribution is 0.0293. The molecule has 0 amide bonds. The number of piperazine rings is 1. The maximum Gasteiger partial charge on any atom is 0.0278 e. The van der Waals surface area contributed by atoms with Gasteiger partial charge in [0.25, 0.3) is 0 Å². The first kappa shape index (κ1) is 13.4. The predicted octanol–water partition coefficient (Wildman–Crippen LogP) is 3.17. The van der Waals surface area contributed by atoms with Gasteiger partial charge in [0.05, 0.1) is 0 Å². The Morgan fingerprint density at radius 3 is 2.47 bits per heavy atom. The van der Waals surface area contributed by atoms with Gasteiger partial charge in [-0.15, -0.1) is 0 Å². The van der Waals surface area contributed by atoms with Gasteiger partial charge in [-0.2, -0.15) is 0 Å². The fraction of sp³-hybridized carbons (Fsp3) is 1.00. The van der Waals surface area contributed by atoms with Crippen LogP contribution in [0, 0.1) is 0 Å². The molecule has 2 unspecified atom stereocenters. The third-order valence-corrected chi connectivity index (χ3v) is 5.06. The minimum Gasteiger partial charge on any atom is -0.309 e. The molecule has 0 radical (unpaired) electrons. The zero-order chi connectivity index (χ0) is 12.3. The molecule has 0 aromatic rings. The van der Waals surface area contributed by atoms with Gasteiger partial charge < -0.3 is 5.32 Å². The fourth-order valence-corrected chi connectivity index (χ4v) is 3.53. The van der Waals surface area contributed by atoms with Crippen molar-refractivity contribution in [2.24, 2.45) is 0 Å². The van der Waals surface area contributed by atoms with Crippen LogP contribution in [0.25, 0.3) is 0 Å². The van der Waals surface area contributed by atoms with Crippen molar-refractivity contribution in [3.63, 3.8) is 0 Å². The Bertz CT molecular complexity index is 235. The SMILES string of the molecule is CCC1CNC(C)(CC)CN1C1CCCCC1. The van der Waals surface area contributed by atoms with Crippen molar-refractivity contribution in [1.29, 1.82) is 0 Å². The highest BCUT2D eigenvalue weighted by molar-refractivity contribution is 4.96. The number of nitrogens with zero attached hydrogens (tertiary/aromatic N) is 1. The topological polar surface area (TPSA) is 15.3 Å². The van der Waals surface area contributed by atoms with Crippen LogP contribution >= 0.6 is 0 Å². The van der Waals surface area contributed by atoms with E-state index in [0.29, 0.717) is 5.54 Å². The molecule has 2 aliphatic rings. The number of rotatable bonds is 3. The van der Waals surface area contributed by atoms with Crippen LogP contribution in [0.2, 0.25) is 0 Å². The molecule has 1 aliphatic carbocycles. The van der Waals surface area contributed by atoms with Gasteiger partial charge in [0.1, 0.15) is 0 Å². The van der Waals surface area contributed by atoms with Gasteiger partial charge in [-0.1, -0.05) is 33.1 Å². The molecule has 0 bridgehead atoms. The summed E-state index contributed by atoms with van der Waals surface area (Å²) in [5.41, 5.74) is 0.350. The second-order valence-corrected chi connectivity index (χ2v) is 6.32. The quantitative estimate of drug-likeness (QED) is 0.812. The Hall–Kier alpha value is -0.0800. The highest BCUT2D eigenvalue weighted by atomic mass is 15.3. The standard InChI is InChI=1S/C15H30N2/c1-4-13-11-16-15(3,5-2)12-17(13)14-9-7-6-8-10-14/h13-14,16H,4-12H2,1-3H3. The second-order valence-electron chi connectivity index (χ2n) is 6.32. The lowest BCUT2D eigenvalue weighted by Crippen LogP contribution is -2.64. The summed E-state index contributed by atoms with van der Waals surface area (Å²) in [5.74, 6) is 0. The predicted molar refractivity (Wildman–Crippen MR) is 74.4 cm³/mol. The van der Waals surface area contributed by atoms with Crippen LogP contribution in [0.3, 0.4) is 0 Å². The summed E-state index contributed by atoms with van der Waals surface area (Å²) in [5, 5.41) is 3.77. The van der Waals surface area contributed by atoms with E-state index in [-0.39, 0.29) is 0 Å². The summed E-state index contributed by atoms with van der Waals surface area (Å²) in [4.78, 5) is 2.85. The molecular formula is C15H30N2. The van der Waals surface area contributed by atoms with E-state index in [1.165, 1.54) is 58.0 Å². The minimum absolute atomic E-state index is 0.350. The molecule has 0 spiro atoms. The normalized spacial score (nSPS) is 37.2. The van der Waals surface area contributed by atoms with Gasteiger partial charge in [0.2, 0.25) is 0 Å². The van der Waals surface area contributed by atoms with Crippen LogP contribution in [0.5, 0.6) is 0 Å². The molecule has 2 atom stereocenters. The Morgan fingerprint density at radius 2 is 1.88 bits per heavy atom. The molecule has 2 fully saturated rings. The largest absolute Gasteiger partial charge is 0.309 e. The number of hydrogen-bond donors (Lipinski definition) is 1. The first-order valence-electron chi connectivity index (χ1n) is 7.69. The second kappa shape index (κ2) is 5.71. The maximum absolute atomic E-state index is 3.77. The highest BCUT2D eigenvalue weighted by Gasteiger charge is 2.37. The monoisotopic (exact) mass is 238 g/mol. The van der Waals surface area contributed by atoms with Gasteiger partial charge in [-0.25, -0.2) is 0 Å². The van der Waals surface area contributed by atoms with Gasteiger partial charge >= 0.3 is 0 Å². The van der Waals surface area contributed by atoms with E-state index < -0.39 is 0 Å². The molecule has 2 nitrogen and oxygen atoms in total. The lowest BCUT2D eigenvalue weighted by atomic mass is 9.87. The van der Waals surface area contributed by atoms with E-state index in [9.17, 15) is 0 Å². The molecule has 2 rings (SSSR count). The molecule has 100 valence electrons. The molecule has 1 saturated carbocycles. The van der Waals surface area contributed by atoms with Gasteiger partial charge in [0, 0.05) is 30.7 Å². The summed E-state index contributed by atoms with van der Waals surface area (Å²) in [6.07, 6.45) is 9.79. The van der Waals surface area contributed by atoms with E-state index in [1.807, 2.05) is 0 Å². The molecule has 0 aromatic carbocycles. The molecule has 17 heavy (non-hydrogen) atoms. The van der Waals surface area contributed by atoms with E-state index in [4.69, 9.17) is 0 Å². The Labute approximate surface area is 107 Å². The van der Waals surface area contributed by atoms with Crippen LogP contribution in [0.4, 0.5) is 0 Å². The van der Waals surface area contributed by atoms with Gasteiger partial charge in [-0.3, -0.25) is 4.90 Å². The average Bonchev–Trinajstić information content (AvgIpc) is 2.40. The van der Waals surface area contributed by atoms with Crippen LogP contribution in [0.15, 0.2) is 0 Å². The zero-order valence-corrected chi connectivity index (χ0v) is 12.0. The zero-order valence-electron chi connectivity index (χ0n) is 12.0. The fourth-order valence-electron chi connectivity index (χ4n) is 3.53. The molecule has 1 N–H and O–H groups in total. The van der Waals surface area contributed by atoms with E-state index in [2.05, 4.69) is 31.0 Å². The number of hydrogen-bond acceptors (Lipinski definition) is 2. The molecule has 1 saturated heterocycles. The summed E-state index contributed by atoms with van der Waals surface area (Å²) in [7, 11) is 0. The van der Waals surface area contributed by atoms with Crippen LogP contribution in [0.1, 0.15) is 65.7 Å². The summed E-state index contributed by atoms with van der Waals surface area (Å²) in [6.45, 7) is 9.51. The Kier molecular flexibility index (Phi) is 4.48. The van der Waals surface area contributed by atoms with E-state index in [1.54, 1.807) is 0 Å². The van der Waals surface area contributed by atoms with Crippen LogP contribution in [-0.4, -0.2) is 35.6 Å². The van der Waals surface area contributed by atoms with E-state index >= 15 is 0 Å². The lowest BCUT2D eigenvalue weighted by Gasteiger charge is -2.50.